The van der Waals surface area contributed by atoms with Crippen molar-refractivity contribution in [3.05, 3.63) is 0 Å². The summed E-state index contributed by atoms with van der Waals surface area (Å²) in [5, 5.41) is 7.50. The third kappa shape index (κ3) is 15.2. The maximum atomic E-state index is 12.6. The Morgan fingerprint density at radius 3 is 2.06 bits per heavy atom. The molecule has 10 nitrogen and oxygen atoms in total. The van der Waals surface area contributed by atoms with Crippen LogP contribution in [0.2, 0.25) is 0 Å². The highest BCUT2D eigenvalue weighted by Gasteiger charge is 2.29. The largest absolute Gasteiger partial charge is 0.466 e. The van der Waals surface area contributed by atoms with E-state index in [-0.39, 0.29) is 31.1 Å². The van der Waals surface area contributed by atoms with Gasteiger partial charge in [0.15, 0.2) is 5.78 Å². The second-order valence-electron chi connectivity index (χ2n) is 9.64. The first-order valence-electron chi connectivity index (χ1n) is 12.0. The highest BCUT2D eigenvalue weighted by molar-refractivity contribution is 5.93. The molecule has 0 aromatic carbocycles. The molecule has 0 spiro atoms. The third-order valence-corrected chi connectivity index (χ3v) is 4.70. The van der Waals surface area contributed by atoms with Crippen LogP contribution < -0.4 is 16.0 Å². The molecule has 3 amide bonds. The maximum Gasteiger partial charge on any atom is 0.408 e. The van der Waals surface area contributed by atoms with E-state index in [0.717, 1.165) is 25.7 Å². The molecule has 0 saturated carbocycles. The Hall–Kier alpha value is -2.65. The molecule has 3 N–H and O–H groups in total. The standard InChI is InChI=1S/C24H43N3O7/c1-8-9-10-11-14-33-19(29)13-12-18(28)15-25-21(30)17(4)26-22(31)20(16(2)3)27-23(32)34-24(5,6)7/h16-17,20H,8-15H2,1-7H3,(H,25,30)(H,26,31)(H,27,32)/t17-,20-/m0/s1. The summed E-state index contributed by atoms with van der Waals surface area (Å²) in [5.41, 5.74) is -0.715. The molecule has 10 heteroatoms. The van der Waals surface area contributed by atoms with Gasteiger partial charge in [-0.2, -0.15) is 0 Å². The first-order chi connectivity index (χ1) is 15.8. The summed E-state index contributed by atoms with van der Waals surface area (Å²) in [4.78, 5) is 60.5. The predicted molar refractivity (Wildman–Crippen MR) is 128 cm³/mol. The molecular weight excluding hydrogens is 442 g/mol. The fourth-order valence-corrected chi connectivity index (χ4v) is 2.79. The molecule has 0 bridgehead atoms. The first kappa shape index (κ1) is 31.4. The molecule has 0 aliphatic rings. The summed E-state index contributed by atoms with van der Waals surface area (Å²) >= 11 is 0. The minimum Gasteiger partial charge on any atom is -0.466 e. The van der Waals surface area contributed by atoms with Crippen molar-refractivity contribution in [3.63, 3.8) is 0 Å². The Kier molecular flexibility index (Phi) is 14.8. The Bertz CT molecular complexity index is 687. The van der Waals surface area contributed by atoms with Crippen molar-refractivity contribution in [2.75, 3.05) is 13.2 Å². The maximum absolute atomic E-state index is 12.6. The van der Waals surface area contributed by atoms with E-state index >= 15 is 0 Å². The van der Waals surface area contributed by atoms with Gasteiger partial charge < -0.3 is 25.4 Å². The van der Waals surface area contributed by atoms with Crippen LogP contribution in [0.3, 0.4) is 0 Å². The Morgan fingerprint density at radius 2 is 1.50 bits per heavy atom. The zero-order chi connectivity index (χ0) is 26.3. The topological polar surface area (TPSA) is 140 Å². The molecule has 0 rings (SSSR count). The van der Waals surface area contributed by atoms with Gasteiger partial charge >= 0.3 is 12.1 Å². The van der Waals surface area contributed by atoms with Gasteiger partial charge in [-0.3, -0.25) is 19.2 Å². The van der Waals surface area contributed by atoms with Crippen molar-refractivity contribution in [3.8, 4) is 0 Å². The van der Waals surface area contributed by atoms with Crippen LogP contribution in [0.1, 0.15) is 87.0 Å². The minimum absolute atomic E-state index is 0.0377. The van der Waals surface area contributed by atoms with Gasteiger partial charge in [-0.15, -0.1) is 0 Å². The van der Waals surface area contributed by atoms with Crippen molar-refractivity contribution < 1.29 is 33.4 Å². The zero-order valence-electron chi connectivity index (χ0n) is 21.7. The zero-order valence-corrected chi connectivity index (χ0v) is 21.7. The van der Waals surface area contributed by atoms with Crippen LogP contribution >= 0.6 is 0 Å². The lowest BCUT2D eigenvalue weighted by Crippen LogP contribution is -2.55. The summed E-state index contributed by atoms with van der Waals surface area (Å²) in [7, 11) is 0. The number of Topliss-reactive ketones (excluding diaryl/α,β-unsaturated/α-hetero) is 1. The molecule has 0 aliphatic heterocycles. The van der Waals surface area contributed by atoms with Crippen LogP contribution in [0.4, 0.5) is 4.79 Å². The second kappa shape index (κ2) is 16.1. The fourth-order valence-electron chi connectivity index (χ4n) is 2.79. The summed E-state index contributed by atoms with van der Waals surface area (Å²) in [5.74, 6) is -2.11. The monoisotopic (exact) mass is 485 g/mol. The van der Waals surface area contributed by atoms with Gasteiger partial charge in [-0.1, -0.05) is 40.0 Å². The van der Waals surface area contributed by atoms with Crippen LogP contribution in [0.5, 0.6) is 0 Å². The summed E-state index contributed by atoms with van der Waals surface area (Å²) in [6, 6.07) is -1.84. The molecule has 0 aromatic rings. The molecule has 0 fully saturated rings. The average Bonchev–Trinajstić information content (AvgIpc) is 2.72. The van der Waals surface area contributed by atoms with E-state index in [1.165, 1.54) is 6.92 Å². The van der Waals surface area contributed by atoms with Crippen molar-refractivity contribution >= 4 is 29.7 Å². The van der Waals surface area contributed by atoms with E-state index in [4.69, 9.17) is 9.47 Å². The molecule has 34 heavy (non-hydrogen) atoms. The van der Waals surface area contributed by atoms with E-state index in [9.17, 15) is 24.0 Å². The van der Waals surface area contributed by atoms with Crippen molar-refractivity contribution in [2.24, 2.45) is 5.92 Å². The van der Waals surface area contributed by atoms with Crippen molar-refractivity contribution in [1.82, 2.24) is 16.0 Å². The lowest BCUT2D eigenvalue weighted by Gasteiger charge is -2.26. The number of rotatable bonds is 15. The number of unbranched alkanes of at least 4 members (excludes halogenated alkanes) is 3. The van der Waals surface area contributed by atoms with Gasteiger partial charge in [0.2, 0.25) is 11.8 Å². The summed E-state index contributed by atoms with van der Waals surface area (Å²) in [6.45, 7) is 12.3. The molecule has 2 atom stereocenters. The number of esters is 1. The van der Waals surface area contributed by atoms with Crippen molar-refractivity contribution in [1.29, 1.82) is 0 Å². The number of ether oxygens (including phenoxy) is 2. The Balaban J connectivity index is 4.41. The van der Waals surface area contributed by atoms with E-state index in [2.05, 4.69) is 22.9 Å². The number of hydrogen-bond donors (Lipinski definition) is 3. The van der Waals surface area contributed by atoms with Gasteiger partial charge in [0, 0.05) is 6.42 Å². The van der Waals surface area contributed by atoms with Crippen LogP contribution in [-0.4, -0.2) is 60.5 Å². The van der Waals surface area contributed by atoms with E-state index in [1.54, 1.807) is 34.6 Å². The number of alkyl carbamates (subject to hydrolysis) is 1. The molecule has 0 saturated heterocycles. The van der Waals surface area contributed by atoms with Crippen LogP contribution in [0.25, 0.3) is 0 Å². The van der Waals surface area contributed by atoms with Gasteiger partial charge in [-0.05, 0) is 40.0 Å². The van der Waals surface area contributed by atoms with E-state index in [0.29, 0.717) is 6.61 Å². The Morgan fingerprint density at radius 1 is 0.853 bits per heavy atom. The van der Waals surface area contributed by atoms with E-state index < -0.39 is 41.6 Å². The first-order valence-corrected chi connectivity index (χ1v) is 12.0. The van der Waals surface area contributed by atoms with Crippen LogP contribution in [-0.2, 0) is 28.7 Å². The molecule has 0 radical (unpaired) electrons. The minimum atomic E-state index is -0.935. The molecule has 0 aliphatic carbocycles. The summed E-state index contributed by atoms with van der Waals surface area (Å²) in [6.07, 6.45) is 3.18. The highest BCUT2D eigenvalue weighted by Crippen LogP contribution is 2.09. The normalized spacial score (nSPS) is 12.9. The van der Waals surface area contributed by atoms with Gasteiger partial charge in [0.05, 0.1) is 19.6 Å². The lowest BCUT2D eigenvalue weighted by atomic mass is 10.0. The number of carbonyl (C=O) groups is 5. The number of nitrogens with one attached hydrogen (secondary N) is 3. The second-order valence-corrected chi connectivity index (χ2v) is 9.64. The molecule has 0 heterocycles. The number of amides is 3. The molecule has 0 unspecified atom stereocenters. The molecule has 196 valence electrons. The number of hydrogen-bond acceptors (Lipinski definition) is 7. The molecular formula is C24H43N3O7. The number of carbonyl (C=O) groups excluding carboxylic acids is 5. The lowest BCUT2D eigenvalue weighted by molar-refractivity contribution is -0.144. The Labute approximate surface area is 203 Å². The average molecular weight is 486 g/mol. The predicted octanol–water partition coefficient (Wildman–Crippen LogP) is 2.63. The van der Waals surface area contributed by atoms with Crippen LogP contribution in [0.15, 0.2) is 0 Å². The third-order valence-electron chi connectivity index (χ3n) is 4.70. The van der Waals surface area contributed by atoms with Gasteiger partial charge in [0.1, 0.15) is 17.7 Å². The van der Waals surface area contributed by atoms with Gasteiger partial charge in [-0.25, -0.2) is 4.79 Å². The molecule has 0 aromatic heterocycles. The highest BCUT2D eigenvalue weighted by atomic mass is 16.6. The summed E-state index contributed by atoms with van der Waals surface area (Å²) < 4.78 is 10.3. The van der Waals surface area contributed by atoms with E-state index in [1.807, 2.05) is 0 Å². The van der Waals surface area contributed by atoms with Crippen LogP contribution in [0, 0.1) is 5.92 Å². The smallest absolute Gasteiger partial charge is 0.408 e. The fraction of sp³-hybridized carbons (Fsp3) is 0.792. The van der Waals surface area contributed by atoms with Crippen molar-refractivity contribution in [2.45, 2.75) is 105 Å². The van der Waals surface area contributed by atoms with Gasteiger partial charge in [0.25, 0.3) is 0 Å². The number of ketones is 1. The SMILES string of the molecule is CCCCCCOC(=O)CCC(=O)CNC(=O)[C@H](C)NC(=O)[C@@H](NC(=O)OC(C)(C)C)C(C)C. The quantitative estimate of drug-likeness (QED) is 0.239.